The summed E-state index contributed by atoms with van der Waals surface area (Å²) in [5, 5.41) is 0. The van der Waals surface area contributed by atoms with Crippen molar-refractivity contribution in [3.05, 3.63) is 0 Å². The minimum absolute atomic E-state index is 0. The molecule has 3 nitrogen and oxygen atoms in total. The molecule has 0 aliphatic carbocycles. The van der Waals surface area contributed by atoms with Crippen LogP contribution in [-0.4, -0.2) is 0 Å². The Morgan fingerprint density at radius 2 is 0.800 bits per heavy atom. The van der Waals surface area contributed by atoms with Crippen molar-refractivity contribution in [2.45, 2.75) is 0 Å². The van der Waals surface area contributed by atoms with Gasteiger partial charge in [-0.05, 0) is 0 Å². The Morgan fingerprint density at radius 1 is 0.800 bits per heavy atom. The molecule has 0 aromatic heterocycles. The fourth-order valence-electron chi connectivity index (χ4n) is 0. The van der Waals surface area contributed by atoms with E-state index in [2.05, 4.69) is 0 Å². The molecule has 0 rings (SSSR count). The fourth-order valence-corrected chi connectivity index (χ4v) is 0. The number of hydrogen-bond donors (Lipinski definition) is 0. The Morgan fingerprint density at radius 3 is 0.800 bits per heavy atom. The van der Waals surface area contributed by atoms with Gasteiger partial charge in [0.25, 0.3) is 0 Å². The van der Waals surface area contributed by atoms with Crippen LogP contribution in [0.5, 0.6) is 0 Å². The van der Waals surface area contributed by atoms with Crippen LogP contribution < -0.4 is 29.6 Å². The molecule has 0 saturated heterocycles. The van der Waals surface area contributed by atoms with E-state index in [1.54, 1.807) is 0 Å². The second kappa shape index (κ2) is 47.2. The van der Waals surface area contributed by atoms with E-state index in [9.17, 15) is 0 Å². The van der Waals surface area contributed by atoms with E-state index in [0.29, 0.717) is 0 Å². The van der Waals surface area contributed by atoms with Gasteiger partial charge in [0.1, 0.15) is 0 Å². The molecule has 0 radical (unpaired) electrons. The molecule has 5 heteroatoms. The molecule has 0 atom stereocenters. The van der Waals surface area contributed by atoms with Gasteiger partial charge in [-0.3, -0.25) is 0 Å². The van der Waals surface area contributed by atoms with E-state index in [0.717, 1.165) is 0 Å². The molecule has 32 valence electrons. The van der Waals surface area contributed by atoms with Crippen molar-refractivity contribution in [3.8, 4) is 0 Å². The van der Waals surface area contributed by atoms with Gasteiger partial charge < -0.3 is 17.9 Å². The standard InChI is InChI=1S/Mo.Na.3O.H/q;+1;3*-2;-1. The van der Waals surface area contributed by atoms with Gasteiger partial charge in [0.2, 0.25) is 0 Å². The van der Waals surface area contributed by atoms with Crippen molar-refractivity contribution in [1.82, 2.24) is 0 Å². The maximum absolute atomic E-state index is 0. The molecule has 0 aliphatic heterocycles. The summed E-state index contributed by atoms with van der Waals surface area (Å²) in [6, 6.07) is 0. The van der Waals surface area contributed by atoms with Crippen LogP contribution in [0.2, 0.25) is 0 Å². The predicted octanol–water partition coefficient (Wildman–Crippen LogP) is -3.24. The maximum atomic E-state index is 0. The van der Waals surface area contributed by atoms with Crippen molar-refractivity contribution in [3.63, 3.8) is 0 Å². The minimum atomic E-state index is 0. The van der Waals surface area contributed by atoms with Crippen molar-refractivity contribution < 1.29 is 68.5 Å². The predicted molar refractivity (Wildman–Crippen MR) is 3.17 cm³/mol. The molecule has 0 saturated carbocycles. The smallest absolute Gasteiger partial charge is 1.00 e. The first-order valence-electron chi connectivity index (χ1n) is 0. The molecular formula is HMoNaO3-6. The van der Waals surface area contributed by atoms with E-state index in [1.807, 2.05) is 0 Å². The van der Waals surface area contributed by atoms with E-state index in [-0.39, 0.29) is 68.5 Å². The first kappa shape index (κ1) is 82.8. The quantitative estimate of drug-likeness (QED) is 0.340. The normalized spacial score (nSPS) is 0. The van der Waals surface area contributed by atoms with E-state index in [4.69, 9.17) is 0 Å². The van der Waals surface area contributed by atoms with E-state index >= 15 is 0 Å². The average molecular weight is 168 g/mol. The van der Waals surface area contributed by atoms with Crippen LogP contribution in [0.25, 0.3) is 0 Å². The Bertz CT molecular complexity index is 10.8. The molecule has 0 unspecified atom stereocenters. The van der Waals surface area contributed by atoms with E-state index < -0.39 is 0 Å². The van der Waals surface area contributed by atoms with Crippen molar-refractivity contribution in [2.75, 3.05) is 0 Å². The maximum Gasteiger partial charge on any atom is 1.00 e. The molecule has 0 bridgehead atoms. The molecule has 0 N–H and O–H groups in total. The summed E-state index contributed by atoms with van der Waals surface area (Å²) < 4.78 is 0. The van der Waals surface area contributed by atoms with Gasteiger partial charge in [-0.25, -0.2) is 0 Å². The van der Waals surface area contributed by atoms with Gasteiger partial charge in [-0.15, -0.1) is 0 Å². The zero-order chi connectivity index (χ0) is 0. The summed E-state index contributed by atoms with van der Waals surface area (Å²) in [6.45, 7) is 0. The second-order valence-corrected chi connectivity index (χ2v) is 0. The number of hydrogen-bond acceptors (Lipinski definition) is 0. The Hall–Kier alpha value is 1.57. The van der Waals surface area contributed by atoms with Crippen LogP contribution in [0.15, 0.2) is 0 Å². The summed E-state index contributed by atoms with van der Waals surface area (Å²) in [7, 11) is 0. The van der Waals surface area contributed by atoms with Gasteiger partial charge in [0.15, 0.2) is 0 Å². The molecule has 0 fully saturated rings. The summed E-state index contributed by atoms with van der Waals surface area (Å²) in [6.07, 6.45) is 0. The van der Waals surface area contributed by atoms with Crippen molar-refractivity contribution in [1.29, 1.82) is 0 Å². The van der Waals surface area contributed by atoms with E-state index in [1.165, 1.54) is 0 Å². The van der Waals surface area contributed by atoms with Crippen LogP contribution >= 0.6 is 0 Å². The molecule has 0 aromatic rings. The molecule has 0 aliphatic rings. The topological polar surface area (TPSA) is 85.5 Å². The average Bonchev–Trinajstić information content (AvgIpc) is 0. The van der Waals surface area contributed by atoms with Crippen LogP contribution in [0.3, 0.4) is 0 Å². The summed E-state index contributed by atoms with van der Waals surface area (Å²) in [5.41, 5.74) is 0. The van der Waals surface area contributed by atoms with Crippen LogP contribution in [-0.2, 0) is 37.5 Å². The zero-order valence-electron chi connectivity index (χ0n) is 3.63. The molecule has 0 heterocycles. The van der Waals surface area contributed by atoms with Gasteiger partial charge in [-0.1, -0.05) is 0 Å². The largest absolute Gasteiger partial charge is 2.00 e. The summed E-state index contributed by atoms with van der Waals surface area (Å²) >= 11 is 0. The van der Waals surface area contributed by atoms with Gasteiger partial charge >= 0.3 is 29.6 Å². The van der Waals surface area contributed by atoms with Gasteiger partial charge in [-0.2, -0.15) is 0 Å². The molecular weight excluding hydrogens is 167 g/mol. The third-order valence-electron chi connectivity index (χ3n) is 0. The SMILES string of the molecule is [H-].[Mo].[Na+].[O-2].[O-2].[O-2]. The first-order valence-corrected chi connectivity index (χ1v) is 0. The first-order chi connectivity index (χ1) is 0. The molecule has 5 heavy (non-hydrogen) atoms. The Kier molecular flexibility index (Phi) is 782. The fraction of sp³-hybridized carbons (Fsp3) is 0. The van der Waals surface area contributed by atoms with Crippen molar-refractivity contribution in [2.24, 2.45) is 0 Å². The Balaban J connectivity index is 0. The summed E-state index contributed by atoms with van der Waals surface area (Å²) in [4.78, 5) is 0. The molecule has 0 amide bonds. The third-order valence-corrected chi connectivity index (χ3v) is 0. The monoisotopic (exact) mass is 170 g/mol. The zero-order valence-corrected chi connectivity index (χ0v) is 6.64. The van der Waals surface area contributed by atoms with Gasteiger partial charge in [0.05, 0.1) is 0 Å². The molecule has 0 aromatic carbocycles. The third kappa shape index (κ3) is 28.8. The Labute approximate surface area is 68.1 Å². The van der Waals surface area contributed by atoms with Crippen molar-refractivity contribution >= 4 is 0 Å². The second-order valence-electron chi connectivity index (χ2n) is 0. The number of rotatable bonds is 0. The summed E-state index contributed by atoms with van der Waals surface area (Å²) in [5.74, 6) is 0. The molecule has 0 spiro atoms. The minimum Gasteiger partial charge on any atom is -2.00 e. The van der Waals surface area contributed by atoms with Crippen LogP contribution in [0, 0.1) is 0 Å². The van der Waals surface area contributed by atoms with Gasteiger partial charge in [0, 0.05) is 21.1 Å². The van der Waals surface area contributed by atoms with Crippen LogP contribution in [0.4, 0.5) is 0 Å². The van der Waals surface area contributed by atoms with Crippen LogP contribution in [0.1, 0.15) is 1.43 Å².